The molecule has 1 heterocycles. The summed E-state index contributed by atoms with van der Waals surface area (Å²) in [6, 6.07) is 8.48. The zero-order valence-corrected chi connectivity index (χ0v) is 13.1. The standard InChI is InChI=1S/C17H17N2O4/c1-18-13-10-15(23-3)14(22-2)9-12(13)16(20)19(17(18)21)11-7-5-4-6-8-11/h4-10,12H,1-3H3/q+1. The van der Waals surface area contributed by atoms with Gasteiger partial charge in [-0.15, -0.1) is 4.90 Å². The number of nitrogens with zero attached hydrogens (tertiary/aromatic N) is 2. The fourth-order valence-electron chi connectivity index (χ4n) is 2.75. The van der Waals surface area contributed by atoms with Crippen molar-refractivity contribution >= 4 is 23.3 Å². The SMILES string of the molecule is COC1=CC2=[N+](C)C(=O)N(c3ccccc3)C(=O)C2C=C1OC. The van der Waals surface area contributed by atoms with Crippen LogP contribution >= 0.6 is 0 Å². The first-order valence-electron chi connectivity index (χ1n) is 7.14. The maximum Gasteiger partial charge on any atom is 0.505 e. The van der Waals surface area contributed by atoms with E-state index in [9.17, 15) is 9.59 Å². The molecule has 3 rings (SSSR count). The summed E-state index contributed by atoms with van der Waals surface area (Å²) >= 11 is 0. The number of amides is 3. The van der Waals surface area contributed by atoms with Gasteiger partial charge in [0.25, 0.3) is 0 Å². The molecule has 6 nitrogen and oxygen atoms in total. The smallest absolute Gasteiger partial charge is 0.493 e. The number of allylic oxidation sites excluding steroid dienone is 1. The molecular formula is C17H17N2O4+. The molecule has 3 amide bonds. The Labute approximate surface area is 133 Å². The van der Waals surface area contributed by atoms with Crippen LogP contribution in [0.25, 0.3) is 0 Å². The highest BCUT2D eigenvalue weighted by Gasteiger charge is 2.48. The molecule has 0 bridgehead atoms. The number of rotatable bonds is 3. The molecule has 0 fully saturated rings. The van der Waals surface area contributed by atoms with E-state index < -0.39 is 11.9 Å². The van der Waals surface area contributed by atoms with E-state index in [4.69, 9.17) is 9.47 Å². The minimum absolute atomic E-state index is 0.310. The second-order valence-corrected chi connectivity index (χ2v) is 5.20. The summed E-state index contributed by atoms with van der Waals surface area (Å²) in [6.07, 6.45) is 3.34. The Morgan fingerprint density at radius 3 is 2.30 bits per heavy atom. The molecule has 0 N–H and O–H groups in total. The Bertz CT molecular complexity index is 762. The van der Waals surface area contributed by atoms with E-state index in [1.165, 1.54) is 23.7 Å². The van der Waals surface area contributed by atoms with Crippen LogP contribution in [-0.2, 0) is 14.3 Å². The van der Waals surface area contributed by atoms with Crippen LogP contribution in [0, 0.1) is 5.92 Å². The van der Waals surface area contributed by atoms with Crippen LogP contribution in [0.4, 0.5) is 10.5 Å². The lowest BCUT2D eigenvalue weighted by Crippen LogP contribution is -2.54. The fraction of sp³-hybridized carbons (Fsp3) is 0.235. The molecule has 1 aromatic carbocycles. The number of urea groups is 1. The number of anilines is 1. The van der Waals surface area contributed by atoms with E-state index >= 15 is 0 Å². The summed E-state index contributed by atoms with van der Waals surface area (Å²) in [7, 11) is 4.67. The lowest BCUT2D eigenvalue weighted by molar-refractivity contribution is -0.394. The van der Waals surface area contributed by atoms with Crippen LogP contribution in [0.5, 0.6) is 0 Å². The Morgan fingerprint density at radius 2 is 1.70 bits per heavy atom. The summed E-state index contributed by atoms with van der Waals surface area (Å²) in [5.41, 5.74) is 1.12. The third kappa shape index (κ3) is 2.32. The van der Waals surface area contributed by atoms with E-state index in [-0.39, 0.29) is 5.91 Å². The molecule has 118 valence electrons. The normalized spacial score (nSPS) is 20.8. The topological polar surface area (TPSA) is 58.9 Å². The summed E-state index contributed by atoms with van der Waals surface area (Å²) < 4.78 is 12.0. The number of fused-ring (bicyclic) bond motifs is 1. The average molecular weight is 313 g/mol. The number of methoxy groups -OCH3 is 2. The largest absolute Gasteiger partial charge is 0.505 e. The van der Waals surface area contributed by atoms with Crippen LogP contribution in [0.15, 0.2) is 54.0 Å². The molecule has 0 aromatic heterocycles. The van der Waals surface area contributed by atoms with Crippen molar-refractivity contribution in [3.05, 3.63) is 54.0 Å². The molecule has 0 spiro atoms. The summed E-state index contributed by atoms with van der Waals surface area (Å²) in [5, 5.41) is 0. The van der Waals surface area contributed by atoms with Crippen molar-refractivity contribution in [2.24, 2.45) is 5.92 Å². The van der Waals surface area contributed by atoms with Gasteiger partial charge in [-0.05, 0) is 18.2 Å². The third-order valence-electron chi connectivity index (χ3n) is 3.96. The van der Waals surface area contributed by atoms with Gasteiger partial charge in [-0.2, -0.15) is 9.37 Å². The van der Waals surface area contributed by atoms with Gasteiger partial charge in [-0.3, -0.25) is 0 Å². The Balaban J connectivity index is 2.12. The number of para-hydroxylation sites is 1. The molecule has 1 unspecified atom stereocenters. The van der Waals surface area contributed by atoms with Crippen molar-refractivity contribution in [1.29, 1.82) is 0 Å². The van der Waals surface area contributed by atoms with Crippen molar-refractivity contribution in [2.75, 3.05) is 26.2 Å². The molecule has 2 aliphatic rings. The number of carbonyl (C=O) groups excluding carboxylic acids is 2. The van der Waals surface area contributed by atoms with Crippen molar-refractivity contribution in [1.82, 2.24) is 0 Å². The number of hydrogen-bond donors (Lipinski definition) is 0. The number of carbonyl (C=O) groups is 2. The quantitative estimate of drug-likeness (QED) is 0.800. The van der Waals surface area contributed by atoms with Crippen LogP contribution in [-0.4, -0.2) is 43.5 Å². The second kappa shape index (κ2) is 5.72. The maximum atomic E-state index is 12.9. The first-order valence-corrected chi connectivity index (χ1v) is 7.14. The molecule has 0 saturated carbocycles. The lowest BCUT2D eigenvalue weighted by atomic mass is 9.92. The highest BCUT2D eigenvalue weighted by Crippen LogP contribution is 2.29. The maximum absolute atomic E-state index is 12.9. The molecule has 1 aliphatic heterocycles. The van der Waals surface area contributed by atoms with Gasteiger partial charge in [0.2, 0.25) is 0 Å². The Hall–Kier alpha value is -2.89. The fourth-order valence-corrected chi connectivity index (χ4v) is 2.75. The highest BCUT2D eigenvalue weighted by molar-refractivity contribution is 6.26. The monoisotopic (exact) mass is 313 g/mol. The van der Waals surface area contributed by atoms with Crippen molar-refractivity contribution < 1.29 is 23.6 Å². The number of imide groups is 1. The molecule has 1 atom stereocenters. The summed E-state index contributed by atoms with van der Waals surface area (Å²) in [5.74, 6) is 0.0618. The third-order valence-corrected chi connectivity index (χ3v) is 3.96. The van der Waals surface area contributed by atoms with Gasteiger partial charge >= 0.3 is 11.9 Å². The average Bonchev–Trinajstić information content (AvgIpc) is 2.59. The molecule has 1 aromatic rings. The van der Waals surface area contributed by atoms with Crippen LogP contribution in [0.3, 0.4) is 0 Å². The van der Waals surface area contributed by atoms with E-state index in [2.05, 4.69) is 0 Å². The first-order chi connectivity index (χ1) is 11.1. The van der Waals surface area contributed by atoms with E-state index in [0.29, 0.717) is 22.9 Å². The molecule has 0 saturated heterocycles. The van der Waals surface area contributed by atoms with Crippen molar-refractivity contribution in [3.8, 4) is 0 Å². The van der Waals surface area contributed by atoms with Gasteiger partial charge in [-0.1, -0.05) is 18.2 Å². The molecule has 6 heteroatoms. The molecule has 0 radical (unpaired) electrons. The van der Waals surface area contributed by atoms with E-state index in [0.717, 1.165) is 0 Å². The summed E-state index contributed by atoms with van der Waals surface area (Å²) in [6.45, 7) is 0. The van der Waals surface area contributed by atoms with Gasteiger partial charge in [0.05, 0.1) is 21.3 Å². The van der Waals surface area contributed by atoms with Crippen LogP contribution < -0.4 is 4.90 Å². The molecule has 1 aliphatic carbocycles. The Morgan fingerprint density at radius 1 is 1.04 bits per heavy atom. The van der Waals surface area contributed by atoms with Crippen molar-refractivity contribution in [3.63, 3.8) is 0 Å². The Kier molecular flexibility index (Phi) is 3.73. The van der Waals surface area contributed by atoms with Crippen LogP contribution in [0.1, 0.15) is 0 Å². The predicted octanol–water partition coefficient (Wildman–Crippen LogP) is 1.93. The second-order valence-electron chi connectivity index (χ2n) is 5.20. The van der Waals surface area contributed by atoms with Gasteiger partial charge in [0.15, 0.2) is 11.5 Å². The zero-order valence-electron chi connectivity index (χ0n) is 13.1. The number of hydrogen-bond acceptors (Lipinski definition) is 4. The highest BCUT2D eigenvalue weighted by atomic mass is 16.5. The van der Waals surface area contributed by atoms with Gasteiger partial charge in [0, 0.05) is 6.08 Å². The first kappa shape index (κ1) is 15.0. The molecular weight excluding hydrogens is 296 g/mol. The predicted molar refractivity (Wildman–Crippen MR) is 84.2 cm³/mol. The van der Waals surface area contributed by atoms with E-state index in [1.54, 1.807) is 43.5 Å². The lowest BCUT2D eigenvalue weighted by Gasteiger charge is -2.27. The minimum Gasteiger partial charge on any atom is -0.493 e. The summed E-state index contributed by atoms with van der Waals surface area (Å²) in [4.78, 5) is 26.7. The van der Waals surface area contributed by atoms with Gasteiger partial charge in [-0.25, -0.2) is 4.79 Å². The number of ether oxygens (including phenoxy) is 2. The van der Waals surface area contributed by atoms with Crippen LogP contribution in [0.2, 0.25) is 0 Å². The van der Waals surface area contributed by atoms with Gasteiger partial charge in [0.1, 0.15) is 17.3 Å². The van der Waals surface area contributed by atoms with Crippen molar-refractivity contribution in [2.45, 2.75) is 0 Å². The number of benzene rings is 1. The molecule has 23 heavy (non-hydrogen) atoms. The van der Waals surface area contributed by atoms with Gasteiger partial charge < -0.3 is 9.47 Å². The van der Waals surface area contributed by atoms with E-state index in [1.807, 2.05) is 6.07 Å². The zero-order chi connectivity index (χ0) is 16.6. The minimum atomic E-state index is -0.591.